The summed E-state index contributed by atoms with van der Waals surface area (Å²) in [6.45, 7) is 15.5. The average molecular weight is 331 g/mol. The van der Waals surface area contributed by atoms with E-state index in [0.717, 1.165) is 6.42 Å². The molecule has 0 saturated carbocycles. The van der Waals surface area contributed by atoms with E-state index in [0.29, 0.717) is 17.1 Å². The van der Waals surface area contributed by atoms with Crippen molar-refractivity contribution in [3.05, 3.63) is 0 Å². The Labute approximate surface area is 143 Å². The SMILES string of the molecule is CCC(=O)OSC(CCCCCCCC(C)(C)C)C(C)(C)C. The van der Waals surface area contributed by atoms with Gasteiger partial charge in [0, 0.05) is 11.7 Å². The molecule has 0 saturated heterocycles. The summed E-state index contributed by atoms with van der Waals surface area (Å²) in [6.07, 6.45) is 9.44. The summed E-state index contributed by atoms with van der Waals surface area (Å²) < 4.78 is 5.29. The van der Waals surface area contributed by atoms with Gasteiger partial charge in [-0.05, 0) is 23.7 Å². The lowest BCUT2D eigenvalue weighted by Gasteiger charge is -2.28. The maximum Gasteiger partial charge on any atom is 0.317 e. The van der Waals surface area contributed by atoms with Crippen LogP contribution >= 0.6 is 12.0 Å². The lowest BCUT2D eigenvalue weighted by molar-refractivity contribution is -0.132. The number of rotatable bonds is 10. The second-order valence-corrected chi connectivity index (χ2v) is 9.56. The van der Waals surface area contributed by atoms with E-state index in [2.05, 4.69) is 41.5 Å². The summed E-state index contributed by atoms with van der Waals surface area (Å²) >= 11 is 1.38. The van der Waals surface area contributed by atoms with Crippen molar-refractivity contribution in [1.29, 1.82) is 0 Å². The monoisotopic (exact) mass is 330 g/mol. The van der Waals surface area contributed by atoms with Crippen molar-refractivity contribution in [2.45, 2.75) is 105 Å². The standard InChI is InChI=1S/C19H38O2S/c1-8-17(20)21-22-16(19(5,6)7)14-12-10-9-11-13-15-18(2,3)4/h16H,8-15H2,1-7H3. The Morgan fingerprint density at radius 3 is 2.00 bits per heavy atom. The summed E-state index contributed by atoms with van der Waals surface area (Å²) in [5.74, 6) is -0.110. The van der Waals surface area contributed by atoms with Gasteiger partial charge in [-0.25, -0.2) is 0 Å². The van der Waals surface area contributed by atoms with Crippen LogP contribution < -0.4 is 0 Å². The Kier molecular flexibility index (Phi) is 10.5. The highest BCUT2D eigenvalue weighted by molar-refractivity contribution is 7.95. The quantitative estimate of drug-likeness (QED) is 0.326. The second kappa shape index (κ2) is 10.6. The molecule has 22 heavy (non-hydrogen) atoms. The summed E-state index contributed by atoms with van der Waals surface area (Å²) in [6, 6.07) is 0. The smallest absolute Gasteiger partial charge is 0.317 e. The third-order valence-corrected chi connectivity index (χ3v) is 5.36. The van der Waals surface area contributed by atoms with Gasteiger partial charge in [0.25, 0.3) is 0 Å². The zero-order chi connectivity index (χ0) is 17.2. The molecule has 0 aromatic rings. The van der Waals surface area contributed by atoms with Gasteiger partial charge in [0.2, 0.25) is 0 Å². The van der Waals surface area contributed by atoms with Gasteiger partial charge in [-0.3, -0.25) is 4.79 Å². The minimum absolute atomic E-state index is 0.110. The maximum absolute atomic E-state index is 11.3. The molecule has 0 aliphatic heterocycles. The molecule has 132 valence electrons. The molecule has 0 bridgehead atoms. The minimum Gasteiger partial charge on any atom is -0.391 e. The van der Waals surface area contributed by atoms with Crippen molar-refractivity contribution in [1.82, 2.24) is 0 Å². The fraction of sp³-hybridized carbons (Fsp3) is 0.947. The zero-order valence-corrected chi connectivity index (χ0v) is 16.8. The van der Waals surface area contributed by atoms with Crippen LogP contribution in [0.2, 0.25) is 0 Å². The molecule has 2 nitrogen and oxygen atoms in total. The van der Waals surface area contributed by atoms with Crippen molar-refractivity contribution in [3.63, 3.8) is 0 Å². The summed E-state index contributed by atoms with van der Waals surface area (Å²) in [5, 5.41) is 0.387. The van der Waals surface area contributed by atoms with Crippen LogP contribution in [0.4, 0.5) is 0 Å². The first-order chi connectivity index (χ1) is 10.1. The van der Waals surface area contributed by atoms with E-state index in [4.69, 9.17) is 4.18 Å². The molecular formula is C19H38O2S. The molecular weight excluding hydrogens is 292 g/mol. The third kappa shape index (κ3) is 12.4. The molecule has 0 N–H and O–H groups in total. The highest BCUT2D eigenvalue weighted by Gasteiger charge is 2.26. The van der Waals surface area contributed by atoms with Crippen LogP contribution in [0.1, 0.15) is 99.8 Å². The van der Waals surface area contributed by atoms with Gasteiger partial charge in [-0.2, -0.15) is 0 Å². The topological polar surface area (TPSA) is 26.3 Å². The zero-order valence-electron chi connectivity index (χ0n) is 16.0. The van der Waals surface area contributed by atoms with Crippen LogP contribution in [0.25, 0.3) is 0 Å². The van der Waals surface area contributed by atoms with Gasteiger partial charge < -0.3 is 4.18 Å². The van der Waals surface area contributed by atoms with Crippen molar-refractivity contribution in [2.75, 3.05) is 0 Å². The largest absolute Gasteiger partial charge is 0.391 e. The molecule has 1 unspecified atom stereocenters. The number of hydrogen-bond acceptors (Lipinski definition) is 3. The molecule has 0 aromatic heterocycles. The molecule has 0 heterocycles. The molecule has 1 atom stereocenters. The Bertz CT molecular complexity index is 300. The van der Waals surface area contributed by atoms with Gasteiger partial charge in [-0.15, -0.1) is 0 Å². The van der Waals surface area contributed by atoms with Gasteiger partial charge in [0.1, 0.15) is 0 Å². The van der Waals surface area contributed by atoms with Crippen LogP contribution in [0, 0.1) is 10.8 Å². The Morgan fingerprint density at radius 1 is 0.955 bits per heavy atom. The molecule has 0 aliphatic rings. The first kappa shape index (κ1) is 21.8. The lowest BCUT2D eigenvalue weighted by Crippen LogP contribution is -2.24. The molecule has 0 aliphatic carbocycles. The molecule has 0 radical (unpaired) electrons. The molecule has 3 heteroatoms. The van der Waals surface area contributed by atoms with Crippen LogP contribution in [0.15, 0.2) is 0 Å². The number of unbranched alkanes of at least 4 members (excludes halogenated alkanes) is 4. The number of hydrogen-bond donors (Lipinski definition) is 0. The Morgan fingerprint density at radius 2 is 1.50 bits per heavy atom. The Hall–Kier alpha value is -0.180. The molecule has 0 fully saturated rings. The van der Waals surface area contributed by atoms with Crippen molar-refractivity contribution in [3.8, 4) is 0 Å². The lowest BCUT2D eigenvalue weighted by atomic mass is 9.88. The van der Waals surface area contributed by atoms with Crippen molar-refractivity contribution < 1.29 is 8.98 Å². The first-order valence-corrected chi connectivity index (χ1v) is 9.73. The Balaban J connectivity index is 3.88. The minimum atomic E-state index is -0.110. The van der Waals surface area contributed by atoms with E-state index in [9.17, 15) is 4.79 Å². The van der Waals surface area contributed by atoms with Crippen LogP contribution in [-0.4, -0.2) is 11.2 Å². The van der Waals surface area contributed by atoms with Crippen molar-refractivity contribution in [2.24, 2.45) is 10.8 Å². The predicted molar refractivity (Wildman–Crippen MR) is 99.0 cm³/mol. The molecule has 0 amide bonds. The highest BCUT2D eigenvalue weighted by atomic mass is 32.2. The average Bonchev–Trinajstić information content (AvgIpc) is 2.37. The highest BCUT2D eigenvalue weighted by Crippen LogP contribution is 2.35. The van der Waals surface area contributed by atoms with Gasteiger partial charge >= 0.3 is 5.97 Å². The second-order valence-electron chi connectivity index (χ2n) is 8.63. The molecule has 0 rings (SSSR count). The number of carbonyl (C=O) groups excluding carboxylic acids is 1. The van der Waals surface area contributed by atoms with E-state index in [-0.39, 0.29) is 11.4 Å². The van der Waals surface area contributed by atoms with Crippen LogP contribution in [0.3, 0.4) is 0 Å². The first-order valence-electron chi connectivity index (χ1n) is 8.92. The van der Waals surface area contributed by atoms with Gasteiger partial charge in [0.15, 0.2) is 0 Å². The molecule has 0 aromatic carbocycles. The van der Waals surface area contributed by atoms with E-state index < -0.39 is 0 Å². The summed E-state index contributed by atoms with van der Waals surface area (Å²) in [5.41, 5.74) is 0.641. The van der Waals surface area contributed by atoms with Crippen LogP contribution in [0.5, 0.6) is 0 Å². The van der Waals surface area contributed by atoms with E-state index in [1.807, 2.05) is 6.92 Å². The van der Waals surface area contributed by atoms with Gasteiger partial charge in [-0.1, -0.05) is 80.6 Å². The maximum atomic E-state index is 11.3. The molecule has 0 spiro atoms. The normalized spacial score (nSPS) is 14.0. The number of carbonyl (C=O) groups is 1. The van der Waals surface area contributed by atoms with Crippen LogP contribution in [-0.2, 0) is 8.98 Å². The van der Waals surface area contributed by atoms with E-state index in [1.54, 1.807) is 0 Å². The summed E-state index contributed by atoms with van der Waals surface area (Å²) in [4.78, 5) is 11.3. The van der Waals surface area contributed by atoms with E-state index in [1.165, 1.54) is 50.6 Å². The van der Waals surface area contributed by atoms with Gasteiger partial charge in [0.05, 0.1) is 12.0 Å². The fourth-order valence-corrected chi connectivity index (χ4v) is 3.20. The fourth-order valence-electron chi connectivity index (χ4n) is 2.31. The predicted octanol–water partition coefficient (Wildman–Crippen LogP) is 6.78. The third-order valence-electron chi connectivity index (χ3n) is 3.90. The van der Waals surface area contributed by atoms with Crippen molar-refractivity contribution >= 4 is 18.0 Å². The van der Waals surface area contributed by atoms with E-state index >= 15 is 0 Å². The summed E-state index contributed by atoms with van der Waals surface area (Å²) in [7, 11) is 0.